The Morgan fingerprint density at radius 3 is 2.74 bits per heavy atom. The Hall–Kier alpha value is -1.72. The van der Waals surface area contributed by atoms with Crippen LogP contribution in [0.25, 0.3) is 0 Å². The summed E-state index contributed by atoms with van der Waals surface area (Å²) in [5.74, 6) is -0.171. The van der Waals surface area contributed by atoms with Gasteiger partial charge in [0.05, 0.1) is 23.9 Å². The molecule has 0 aliphatic carbocycles. The lowest BCUT2D eigenvalue weighted by atomic mass is 10.1. The van der Waals surface area contributed by atoms with Crippen molar-refractivity contribution in [3.63, 3.8) is 0 Å². The largest absolute Gasteiger partial charge is 0.394 e. The summed E-state index contributed by atoms with van der Waals surface area (Å²) in [6, 6.07) is 9.50. The monoisotopic (exact) mass is 276 g/mol. The van der Waals surface area contributed by atoms with E-state index < -0.39 is 0 Å². The van der Waals surface area contributed by atoms with Gasteiger partial charge in [0.2, 0.25) is 0 Å². The molecular weight excluding hydrogens is 260 g/mol. The molecule has 1 unspecified atom stereocenters. The van der Waals surface area contributed by atoms with Gasteiger partial charge in [0, 0.05) is 0 Å². The highest BCUT2D eigenvalue weighted by Gasteiger charge is 2.16. The molecule has 2 rings (SSSR count). The van der Waals surface area contributed by atoms with Gasteiger partial charge >= 0.3 is 0 Å². The lowest BCUT2D eigenvalue weighted by Gasteiger charge is -2.16. The van der Waals surface area contributed by atoms with E-state index in [2.05, 4.69) is 10.3 Å². The lowest BCUT2D eigenvalue weighted by molar-refractivity contribution is 0.0920. The smallest absolute Gasteiger partial charge is 0.263 e. The van der Waals surface area contributed by atoms with Crippen molar-refractivity contribution in [3.8, 4) is 0 Å². The van der Waals surface area contributed by atoms with Crippen LogP contribution in [0.5, 0.6) is 0 Å². The first-order chi connectivity index (χ1) is 9.20. The predicted octanol–water partition coefficient (Wildman–Crippen LogP) is 1.78. The van der Waals surface area contributed by atoms with E-state index >= 15 is 0 Å². The molecule has 1 aromatic heterocycles. The zero-order valence-electron chi connectivity index (χ0n) is 10.7. The molecule has 0 fully saturated rings. The summed E-state index contributed by atoms with van der Waals surface area (Å²) in [6.45, 7) is 1.72. The first-order valence-corrected chi connectivity index (χ1v) is 6.94. The topological polar surface area (TPSA) is 62.2 Å². The van der Waals surface area contributed by atoms with Crippen LogP contribution in [0, 0.1) is 6.92 Å². The second-order valence-electron chi connectivity index (χ2n) is 4.31. The SMILES string of the molecule is Cc1ncsc1C(=O)NC(CO)Cc1ccccc1. The van der Waals surface area contributed by atoms with Gasteiger partial charge in [-0.3, -0.25) is 4.79 Å². The van der Waals surface area contributed by atoms with E-state index in [0.717, 1.165) is 11.3 Å². The average Bonchev–Trinajstić information content (AvgIpc) is 2.85. The Morgan fingerprint density at radius 2 is 2.16 bits per heavy atom. The van der Waals surface area contributed by atoms with Crippen LogP contribution < -0.4 is 5.32 Å². The maximum absolute atomic E-state index is 12.0. The van der Waals surface area contributed by atoms with E-state index in [-0.39, 0.29) is 18.6 Å². The second kappa shape index (κ2) is 6.45. The molecule has 1 amide bonds. The Bertz CT molecular complexity index is 539. The van der Waals surface area contributed by atoms with E-state index in [1.54, 1.807) is 12.4 Å². The number of nitrogens with one attached hydrogen (secondary N) is 1. The van der Waals surface area contributed by atoms with Crippen molar-refractivity contribution in [2.45, 2.75) is 19.4 Å². The summed E-state index contributed by atoms with van der Waals surface area (Å²) in [5.41, 5.74) is 3.46. The van der Waals surface area contributed by atoms with Crippen LogP contribution in [0.3, 0.4) is 0 Å². The van der Waals surface area contributed by atoms with Crippen LogP contribution in [0.15, 0.2) is 35.8 Å². The molecule has 0 saturated carbocycles. The van der Waals surface area contributed by atoms with Crippen LogP contribution in [0.2, 0.25) is 0 Å². The third-order valence-corrected chi connectivity index (χ3v) is 3.76. The highest BCUT2D eigenvalue weighted by atomic mass is 32.1. The first-order valence-electron chi connectivity index (χ1n) is 6.06. The van der Waals surface area contributed by atoms with Crippen LogP contribution >= 0.6 is 11.3 Å². The summed E-state index contributed by atoms with van der Waals surface area (Å²) >= 11 is 1.31. The Morgan fingerprint density at radius 1 is 1.42 bits per heavy atom. The second-order valence-corrected chi connectivity index (χ2v) is 5.16. The molecule has 1 aromatic carbocycles. The summed E-state index contributed by atoms with van der Waals surface area (Å²) < 4.78 is 0. The quantitative estimate of drug-likeness (QED) is 0.875. The van der Waals surface area contributed by atoms with Gasteiger partial charge in [-0.05, 0) is 18.9 Å². The van der Waals surface area contributed by atoms with Crippen molar-refractivity contribution in [2.24, 2.45) is 0 Å². The molecule has 19 heavy (non-hydrogen) atoms. The summed E-state index contributed by atoms with van der Waals surface area (Å²) in [4.78, 5) is 16.7. The number of amides is 1. The van der Waals surface area contributed by atoms with Gasteiger partial charge < -0.3 is 10.4 Å². The molecular formula is C14H16N2O2S. The Kier molecular flexibility index (Phi) is 4.65. The van der Waals surface area contributed by atoms with Crippen LogP contribution in [0.4, 0.5) is 0 Å². The minimum atomic E-state index is -0.281. The number of aliphatic hydroxyl groups is 1. The molecule has 2 aromatic rings. The molecule has 0 spiro atoms. The average molecular weight is 276 g/mol. The number of nitrogens with zero attached hydrogens (tertiary/aromatic N) is 1. The number of carbonyl (C=O) groups is 1. The van der Waals surface area contributed by atoms with Gasteiger partial charge in [0.15, 0.2) is 0 Å². The van der Waals surface area contributed by atoms with Crippen LogP contribution in [0.1, 0.15) is 20.9 Å². The standard InChI is InChI=1S/C14H16N2O2S/c1-10-13(19-9-15-10)14(18)16-12(8-17)7-11-5-3-2-4-6-11/h2-6,9,12,17H,7-8H2,1H3,(H,16,18). The predicted molar refractivity (Wildman–Crippen MR) is 75.3 cm³/mol. The molecule has 0 aliphatic rings. The minimum absolute atomic E-state index is 0.0848. The molecule has 0 radical (unpaired) electrons. The number of benzene rings is 1. The van der Waals surface area contributed by atoms with E-state index in [1.807, 2.05) is 30.3 Å². The fraction of sp³-hybridized carbons (Fsp3) is 0.286. The molecule has 5 heteroatoms. The van der Waals surface area contributed by atoms with Gasteiger partial charge in [-0.2, -0.15) is 0 Å². The first kappa shape index (κ1) is 13.7. The number of carbonyl (C=O) groups excluding carboxylic acids is 1. The Balaban J connectivity index is 2.00. The number of aryl methyl sites for hydroxylation is 1. The Labute approximate surface area is 116 Å². The third kappa shape index (κ3) is 3.62. The maximum atomic E-state index is 12.0. The highest BCUT2D eigenvalue weighted by molar-refractivity contribution is 7.11. The third-order valence-electron chi connectivity index (χ3n) is 2.83. The van der Waals surface area contributed by atoms with Gasteiger partial charge in [-0.1, -0.05) is 30.3 Å². The number of hydrogen-bond acceptors (Lipinski definition) is 4. The van der Waals surface area contributed by atoms with Crippen molar-refractivity contribution in [1.82, 2.24) is 10.3 Å². The van der Waals surface area contributed by atoms with Crippen LogP contribution in [-0.4, -0.2) is 28.6 Å². The van der Waals surface area contributed by atoms with E-state index in [1.165, 1.54) is 11.3 Å². The van der Waals surface area contributed by atoms with E-state index in [4.69, 9.17) is 0 Å². The van der Waals surface area contributed by atoms with Gasteiger partial charge in [-0.15, -0.1) is 11.3 Å². The molecule has 0 saturated heterocycles. The molecule has 100 valence electrons. The molecule has 4 nitrogen and oxygen atoms in total. The van der Waals surface area contributed by atoms with Crippen molar-refractivity contribution >= 4 is 17.2 Å². The van der Waals surface area contributed by atoms with E-state index in [9.17, 15) is 9.90 Å². The zero-order valence-corrected chi connectivity index (χ0v) is 11.5. The molecule has 2 N–H and O–H groups in total. The molecule has 0 aliphatic heterocycles. The normalized spacial score (nSPS) is 12.1. The summed E-state index contributed by atoms with van der Waals surface area (Å²) in [7, 11) is 0. The number of hydrogen-bond donors (Lipinski definition) is 2. The van der Waals surface area contributed by atoms with Crippen molar-refractivity contribution in [3.05, 3.63) is 52.0 Å². The minimum Gasteiger partial charge on any atom is -0.394 e. The molecule has 1 heterocycles. The van der Waals surface area contributed by atoms with Crippen molar-refractivity contribution < 1.29 is 9.90 Å². The van der Waals surface area contributed by atoms with Gasteiger partial charge in [-0.25, -0.2) is 4.98 Å². The van der Waals surface area contributed by atoms with Crippen molar-refractivity contribution in [2.75, 3.05) is 6.61 Å². The number of aromatic nitrogens is 1. The fourth-order valence-electron chi connectivity index (χ4n) is 1.83. The zero-order chi connectivity index (χ0) is 13.7. The van der Waals surface area contributed by atoms with Gasteiger partial charge in [0.25, 0.3) is 5.91 Å². The maximum Gasteiger partial charge on any atom is 0.263 e. The highest BCUT2D eigenvalue weighted by Crippen LogP contribution is 2.12. The molecule has 0 bridgehead atoms. The number of rotatable bonds is 5. The lowest BCUT2D eigenvalue weighted by Crippen LogP contribution is -2.39. The fourth-order valence-corrected chi connectivity index (χ4v) is 2.54. The van der Waals surface area contributed by atoms with Gasteiger partial charge in [0.1, 0.15) is 4.88 Å². The number of thiazole rings is 1. The van der Waals surface area contributed by atoms with E-state index in [0.29, 0.717) is 11.3 Å². The summed E-state index contributed by atoms with van der Waals surface area (Å²) in [5, 5.41) is 12.2. The van der Waals surface area contributed by atoms with Crippen molar-refractivity contribution in [1.29, 1.82) is 0 Å². The molecule has 1 atom stereocenters. The number of aliphatic hydroxyl groups excluding tert-OH is 1. The van der Waals surface area contributed by atoms with Crippen LogP contribution in [-0.2, 0) is 6.42 Å². The summed E-state index contributed by atoms with van der Waals surface area (Å²) in [6.07, 6.45) is 0.612.